The molecule has 3 heterocycles. The number of nitrogens with zero attached hydrogens (tertiary/aromatic N) is 2. The fraction of sp³-hybridized carbons (Fsp3) is 0.208. The number of fused-ring (bicyclic) bond motifs is 2. The van der Waals surface area contributed by atoms with Gasteiger partial charge in [-0.15, -0.1) is 0 Å². The fourth-order valence-corrected chi connectivity index (χ4v) is 4.05. The standard InChI is InChI=1S/C24H23N5O5/c1-33-19-7-3-13-2-5-16(11-18(13)28-19)29-8-9-34-21(24(29)32)20(30)23(31)27-15-4-6-17-14(10-15)12-26-22(17)25/h2-7,10-12,20-21,26,30H,8-9,25H2,1H3,(H,27,31)/t20-,21-/m1/s1. The molecule has 1 saturated heterocycles. The van der Waals surface area contributed by atoms with Crippen LogP contribution in [-0.4, -0.2) is 59.4 Å². The third-order valence-electron chi connectivity index (χ3n) is 5.84. The first-order valence-electron chi connectivity index (χ1n) is 10.7. The number of aromatic nitrogens is 2. The molecular weight excluding hydrogens is 438 g/mol. The number of H-pyrrole nitrogens is 1. The highest BCUT2D eigenvalue weighted by Gasteiger charge is 2.39. The zero-order valence-corrected chi connectivity index (χ0v) is 18.3. The van der Waals surface area contributed by atoms with Gasteiger partial charge in [-0.3, -0.25) is 9.59 Å². The molecule has 10 nitrogen and oxygen atoms in total. The molecule has 0 aliphatic carbocycles. The summed E-state index contributed by atoms with van der Waals surface area (Å²) in [5.74, 6) is -0.266. The summed E-state index contributed by atoms with van der Waals surface area (Å²) in [6, 6.07) is 14.2. The van der Waals surface area contributed by atoms with Crippen molar-refractivity contribution in [1.29, 1.82) is 0 Å². The SMILES string of the molecule is COc1ccc2ccc(N3CCO[C@H]([C@@H](O)C(=O)Nc4ccc5c(N)[nH]cc5c4)C3=O)cc2n1. The Labute approximate surface area is 194 Å². The molecule has 2 aromatic carbocycles. The molecule has 2 aromatic heterocycles. The Morgan fingerprint density at radius 3 is 2.91 bits per heavy atom. The third kappa shape index (κ3) is 3.89. The summed E-state index contributed by atoms with van der Waals surface area (Å²) in [4.78, 5) is 34.7. The number of pyridine rings is 1. The number of aliphatic hydroxyl groups is 1. The van der Waals surface area contributed by atoms with E-state index in [1.54, 1.807) is 42.6 Å². The maximum Gasteiger partial charge on any atom is 0.259 e. The number of nitrogen functional groups attached to an aromatic ring is 1. The van der Waals surface area contributed by atoms with Crippen LogP contribution in [0, 0.1) is 0 Å². The highest BCUT2D eigenvalue weighted by Crippen LogP contribution is 2.27. The third-order valence-corrected chi connectivity index (χ3v) is 5.84. The topological polar surface area (TPSA) is 143 Å². The van der Waals surface area contributed by atoms with Crippen LogP contribution in [0.25, 0.3) is 21.7 Å². The Kier molecular flexibility index (Phi) is 5.52. The zero-order chi connectivity index (χ0) is 23.8. The lowest BCUT2D eigenvalue weighted by Gasteiger charge is -2.34. The molecule has 0 bridgehead atoms. The van der Waals surface area contributed by atoms with Gasteiger partial charge in [0.2, 0.25) is 5.88 Å². The van der Waals surface area contributed by atoms with Crippen molar-refractivity contribution in [2.75, 3.05) is 36.2 Å². The minimum atomic E-state index is -1.69. The molecule has 10 heteroatoms. The van der Waals surface area contributed by atoms with E-state index < -0.39 is 24.0 Å². The lowest BCUT2D eigenvalue weighted by molar-refractivity contribution is -0.150. The number of carbonyl (C=O) groups is 2. The summed E-state index contributed by atoms with van der Waals surface area (Å²) in [6.07, 6.45) is -1.31. The van der Waals surface area contributed by atoms with Gasteiger partial charge in [0.1, 0.15) is 5.82 Å². The number of ether oxygens (including phenoxy) is 2. The first-order chi connectivity index (χ1) is 16.4. The van der Waals surface area contributed by atoms with Crippen molar-refractivity contribution in [3.8, 4) is 5.88 Å². The monoisotopic (exact) mass is 461 g/mol. The maximum atomic E-state index is 13.2. The smallest absolute Gasteiger partial charge is 0.259 e. The number of aliphatic hydroxyl groups excluding tert-OH is 1. The van der Waals surface area contributed by atoms with Crippen molar-refractivity contribution in [3.63, 3.8) is 0 Å². The Balaban J connectivity index is 1.33. The fourth-order valence-electron chi connectivity index (χ4n) is 4.05. The lowest BCUT2D eigenvalue weighted by atomic mass is 10.1. The summed E-state index contributed by atoms with van der Waals surface area (Å²) in [5, 5.41) is 15.8. The van der Waals surface area contributed by atoms with Crippen LogP contribution in [0.1, 0.15) is 0 Å². The number of morpholine rings is 1. The van der Waals surface area contributed by atoms with Crippen LogP contribution < -0.4 is 20.7 Å². The second kappa shape index (κ2) is 8.65. The normalized spacial score (nSPS) is 17.2. The van der Waals surface area contributed by atoms with E-state index in [4.69, 9.17) is 15.2 Å². The molecule has 174 valence electrons. The summed E-state index contributed by atoms with van der Waals surface area (Å²) < 4.78 is 10.7. The Morgan fingerprint density at radius 1 is 1.26 bits per heavy atom. The molecule has 34 heavy (non-hydrogen) atoms. The molecule has 1 aliphatic rings. The van der Waals surface area contributed by atoms with Gasteiger partial charge in [0.05, 0.1) is 19.2 Å². The van der Waals surface area contributed by atoms with Crippen LogP contribution in [0.15, 0.2) is 54.7 Å². The van der Waals surface area contributed by atoms with E-state index in [0.717, 1.165) is 16.2 Å². The number of rotatable bonds is 5. The summed E-state index contributed by atoms with van der Waals surface area (Å²) in [7, 11) is 1.53. The first kappa shape index (κ1) is 21.7. The summed E-state index contributed by atoms with van der Waals surface area (Å²) >= 11 is 0. The number of carbonyl (C=O) groups excluding carboxylic acids is 2. The van der Waals surface area contributed by atoms with Crippen molar-refractivity contribution >= 4 is 50.7 Å². The Bertz CT molecular complexity index is 1400. The van der Waals surface area contributed by atoms with Crippen LogP contribution in [-0.2, 0) is 14.3 Å². The number of amides is 2. The van der Waals surface area contributed by atoms with Gasteiger partial charge in [-0.05, 0) is 36.4 Å². The second-order valence-corrected chi connectivity index (χ2v) is 7.95. The minimum absolute atomic E-state index is 0.166. The predicted molar refractivity (Wildman–Crippen MR) is 128 cm³/mol. The van der Waals surface area contributed by atoms with Gasteiger partial charge < -0.3 is 35.5 Å². The van der Waals surface area contributed by atoms with E-state index in [0.29, 0.717) is 28.6 Å². The molecule has 2 amide bonds. The predicted octanol–water partition coefficient (Wildman–Crippen LogP) is 2.04. The highest BCUT2D eigenvalue weighted by atomic mass is 16.5. The van der Waals surface area contributed by atoms with Crippen LogP contribution in [0.5, 0.6) is 5.88 Å². The van der Waals surface area contributed by atoms with E-state index in [9.17, 15) is 14.7 Å². The molecular formula is C24H23N5O5. The summed E-state index contributed by atoms with van der Waals surface area (Å²) in [5.41, 5.74) is 7.56. The maximum absolute atomic E-state index is 13.2. The van der Waals surface area contributed by atoms with Crippen molar-refractivity contribution < 1.29 is 24.2 Å². The van der Waals surface area contributed by atoms with Gasteiger partial charge in [0.25, 0.3) is 11.8 Å². The van der Waals surface area contributed by atoms with Crippen molar-refractivity contribution in [1.82, 2.24) is 9.97 Å². The molecule has 0 saturated carbocycles. The van der Waals surface area contributed by atoms with Gasteiger partial charge >= 0.3 is 0 Å². The average molecular weight is 461 g/mol. The quantitative estimate of drug-likeness (QED) is 0.356. The Hall–Kier alpha value is -4.15. The van der Waals surface area contributed by atoms with Gasteiger partial charge in [0.15, 0.2) is 12.2 Å². The molecule has 4 aromatic rings. The highest BCUT2D eigenvalue weighted by molar-refractivity contribution is 6.05. The Morgan fingerprint density at radius 2 is 2.09 bits per heavy atom. The van der Waals surface area contributed by atoms with Crippen LogP contribution in [0.3, 0.4) is 0 Å². The zero-order valence-electron chi connectivity index (χ0n) is 18.3. The number of nitrogens with two attached hydrogens (primary N) is 1. The van der Waals surface area contributed by atoms with E-state index in [1.807, 2.05) is 12.1 Å². The minimum Gasteiger partial charge on any atom is -0.481 e. The largest absolute Gasteiger partial charge is 0.481 e. The lowest BCUT2D eigenvalue weighted by Crippen LogP contribution is -2.55. The molecule has 0 radical (unpaired) electrons. The van der Waals surface area contributed by atoms with Crippen LogP contribution in [0.4, 0.5) is 17.2 Å². The molecule has 0 unspecified atom stereocenters. The van der Waals surface area contributed by atoms with Crippen molar-refractivity contribution in [3.05, 3.63) is 54.7 Å². The molecule has 1 fully saturated rings. The van der Waals surface area contributed by atoms with E-state index in [1.165, 1.54) is 12.0 Å². The van der Waals surface area contributed by atoms with E-state index in [2.05, 4.69) is 15.3 Å². The molecule has 2 atom stereocenters. The summed E-state index contributed by atoms with van der Waals surface area (Å²) in [6.45, 7) is 0.448. The van der Waals surface area contributed by atoms with Crippen molar-refractivity contribution in [2.24, 2.45) is 0 Å². The number of anilines is 3. The van der Waals surface area contributed by atoms with Gasteiger partial charge in [0, 0.05) is 46.3 Å². The number of hydrogen-bond acceptors (Lipinski definition) is 7. The molecule has 1 aliphatic heterocycles. The van der Waals surface area contributed by atoms with E-state index in [-0.39, 0.29) is 13.2 Å². The van der Waals surface area contributed by atoms with Gasteiger partial charge in [-0.1, -0.05) is 6.07 Å². The molecule has 0 spiro atoms. The van der Waals surface area contributed by atoms with Crippen molar-refractivity contribution in [2.45, 2.75) is 12.2 Å². The number of benzene rings is 2. The van der Waals surface area contributed by atoms with Crippen LogP contribution in [0.2, 0.25) is 0 Å². The number of nitrogens with one attached hydrogen (secondary N) is 2. The second-order valence-electron chi connectivity index (χ2n) is 7.95. The number of aromatic amines is 1. The molecule has 5 rings (SSSR count). The number of methoxy groups -OCH3 is 1. The van der Waals surface area contributed by atoms with Gasteiger partial charge in [-0.25, -0.2) is 4.98 Å². The van der Waals surface area contributed by atoms with Gasteiger partial charge in [-0.2, -0.15) is 0 Å². The number of hydrogen-bond donors (Lipinski definition) is 4. The van der Waals surface area contributed by atoms with E-state index >= 15 is 0 Å². The average Bonchev–Trinajstić information content (AvgIpc) is 3.22. The molecule has 5 N–H and O–H groups in total. The van der Waals surface area contributed by atoms with Crippen LogP contribution >= 0.6 is 0 Å². The first-order valence-corrected chi connectivity index (χ1v) is 10.7.